The highest BCUT2D eigenvalue weighted by atomic mass is 16.2. The van der Waals surface area contributed by atoms with E-state index in [1.165, 1.54) is 19.3 Å². The molecule has 100 valence electrons. The molecular formula is C13H27N3O. The van der Waals surface area contributed by atoms with Crippen molar-refractivity contribution in [2.75, 3.05) is 19.6 Å². The fourth-order valence-corrected chi connectivity index (χ4v) is 2.31. The van der Waals surface area contributed by atoms with Crippen molar-refractivity contribution in [1.82, 2.24) is 10.2 Å². The van der Waals surface area contributed by atoms with Gasteiger partial charge in [-0.15, -0.1) is 0 Å². The van der Waals surface area contributed by atoms with E-state index in [1.807, 2.05) is 6.92 Å². The van der Waals surface area contributed by atoms with Gasteiger partial charge in [0.25, 0.3) is 0 Å². The molecule has 0 aromatic rings. The number of nitrogens with one attached hydrogen (secondary N) is 1. The lowest BCUT2D eigenvalue weighted by Gasteiger charge is -2.32. The lowest BCUT2D eigenvalue weighted by molar-refractivity contribution is -0.122. The van der Waals surface area contributed by atoms with Crippen LogP contribution in [0.15, 0.2) is 0 Å². The van der Waals surface area contributed by atoms with Crippen molar-refractivity contribution in [2.45, 2.75) is 58.0 Å². The third kappa shape index (κ3) is 5.04. The zero-order valence-corrected chi connectivity index (χ0v) is 11.2. The minimum absolute atomic E-state index is 0.00397. The van der Waals surface area contributed by atoms with Crippen LogP contribution >= 0.6 is 0 Å². The van der Waals surface area contributed by atoms with E-state index in [1.54, 1.807) is 0 Å². The van der Waals surface area contributed by atoms with E-state index >= 15 is 0 Å². The monoisotopic (exact) mass is 241 g/mol. The largest absolute Gasteiger partial charge is 0.353 e. The Morgan fingerprint density at radius 1 is 1.35 bits per heavy atom. The molecule has 1 aliphatic rings. The number of hydrogen-bond donors (Lipinski definition) is 2. The number of nitrogens with two attached hydrogens (primary N) is 1. The van der Waals surface area contributed by atoms with Crippen molar-refractivity contribution in [3.63, 3.8) is 0 Å². The van der Waals surface area contributed by atoms with Crippen LogP contribution in [0.1, 0.15) is 46.0 Å². The maximum Gasteiger partial charge on any atom is 0.236 e. The maximum atomic E-state index is 11.7. The van der Waals surface area contributed by atoms with Gasteiger partial charge in [0, 0.05) is 12.6 Å². The third-order valence-electron chi connectivity index (χ3n) is 3.52. The van der Waals surface area contributed by atoms with Crippen LogP contribution in [-0.4, -0.2) is 42.5 Å². The maximum absolute atomic E-state index is 11.7. The van der Waals surface area contributed by atoms with Crippen LogP contribution in [0.25, 0.3) is 0 Å². The lowest BCUT2D eigenvalue weighted by atomic mass is 10.1. The Morgan fingerprint density at radius 2 is 2.00 bits per heavy atom. The Hall–Kier alpha value is -0.610. The fourth-order valence-electron chi connectivity index (χ4n) is 2.31. The second-order valence-electron chi connectivity index (χ2n) is 5.09. The van der Waals surface area contributed by atoms with Gasteiger partial charge in [-0.2, -0.15) is 0 Å². The Labute approximate surface area is 105 Å². The molecule has 0 radical (unpaired) electrons. The Bertz CT molecular complexity index is 227. The van der Waals surface area contributed by atoms with Gasteiger partial charge in [0.1, 0.15) is 0 Å². The first kappa shape index (κ1) is 14.5. The molecule has 2 atom stereocenters. The van der Waals surface area contributed by atoms with E-state index in [0.29, 0.717) is 6.04 Å². The highest BCUT2D eigenvalue weighted by molar-refractivity contribution is 5.81. The van der Waals surface area contributed by atoms with E-state index in [9.17, 15) is 4.79 Å². The second-order valence-corrected chi connectivity index (χ2v) is 5.09. The Kier molecular flexibility index (Phi) is 6.52. The fraction of sp³-hybridized carbons (Fsp3) is 0.923. The van der Waals surface area contributed by atoms with Gasteiger partial charge in [-0.1, -0.05) is 19.8 Å². The summed E-state index contributed by atoms with van der Waals surface area (Å²) in [6, 6.07) is 0.0848. The van der Waals surface area contributed by atoms with Gasteiger partial charge in [0.15, 0.2) is 0 Å². The van der Waals surface area contributed by atoms with Crippen molar-refractivity contribution in [3.8, 4) is 0 Å². The van der Waals surface area contributed by atoms with Crippen molar-refractivity contribution in [1.29, 1.82) is 0 Å². The highest BCUT2D eigenvalue weighted by Gasteiger charge is 2.18. The predicted octanol–water partition coefficient (Wildman–Crippen LogP) is 1.10. The first-order chi connectivity index (χ1) is 8.15. The molecule has 0 aromatic heterocycles. The van der Waals surface area contributed by atoms with Crippen molar-refractivity contribution < 1.29 is 4.79 Å². The summed E-state index contributed by atoms with van der Waals surface area (Å²) in [4.78, 5) is 14.1. The standard InChI is InChI=1S/C13H27N3O/c1-3-7-12(14)13(17)15-10-11(2)16-8-5-4-6-9-16/h11-12H,3-10,14H2,1-2H3,(H,15,17). The number of hydrogen-bond acceptors (Lipinski definition) is 3. The SMILES string of the molecule is CCCC(N)C(=O)NCC(C)N1CCCCC1. The molecule has 3 N–H and O–H groups in total. The summed E-state index contributed by atoms with van der Waals surface area (Å²) in [6.07, 6.45) is 5.64. The molecule has 0 saturated carbocycles. The van der Waals surface area contributed by atoms with Crippen LogP contribution in [0.3, 0.4) is 0 Å². The average Bonchev–Trinajstić information content (AvgIpc) is 2.36. The van der Waals surface area contributed by atoms with Crippen molar-refractivity contribution in [3.05, 3.63) is 0 Å². The minimum Gasteiger partial charge on any atom is -0.353 e. The zero-order valence-electron chi connectivity index (χ0n) is 11.2. The van der Waals surface area contributed by atoms with Crippen LogP contribution in [0.2, 0.25) is 0 Å². The summed E-state index contributed by atoms with van der Waals surface area (Å²) in [7, 11) is 0. The summed E-state index contributed by atoms with van der Waals surface area (Å²) in [5, 5.41) is 2.96. The molecule has 0 aliphatic carbocycles. The molecule has 1 fully saturated rings. The van der Waals surface area contributed by atoms with E-state index < -0.39 is 0 Å². The molecule has 1 rings (SSSR count). The van der Waals surface area contributed by atoms with E-state index in [4.69, 9.17) is 5.73 Å². The number of carbonyl (C=O) groups is 1. The van der Waals surface area contributed by atoms with Gasteiger partial charge in [0.2, 0.25) is 5.91 Å². The molecule has 4 nitrogen and oxygen atoms in total. The molecule has 4 heteroatoms. The molecule has 1 heterocycles. The van der Waals surface area contributed by atoms with Crippen molar-refractivity contribution in [2.24, 2.45) is 5.73 Å². The summed E-state index contributed by atoms with van der Waals surface area (Å²) < 4.78 is 0. The molecule has 1 aliphatic heterocycles. The smallest absolute Gasteiger partial charge is 0.236 e. The number of likely N-dealkylation sites (tertiary alicyclic amines) is 1. The van der Waals surface area contributed by atoms with E-state index in [2.05, 4.69) is 17.1 Å². The summed E-state index contributed by atoms with van der Waals surface area (Å²) in [5.41, 5.74) is 5.77. The van der Waals surface area contributed by atoms with Gasteiger partial charge in [-0.25, -0.2) is 0 Å². The highest BCUT2D eigenvalue weighted by Crippen LogP contribution is 2.11. The van der Waals surface area contributed by atoms with Gasteiger partial charge >= 0.3 is 0 Å². The number of amides is 1. The Morgan fingerprint density at radius 3 is 2.59 bits per heavy atom. The zero-order chi connectivity index (χ0) is 12.7. The van der Waals surface area contributed by atoms with Gasteiger partial charge in [0.05, 0.1) is 6.04 Å². The third-order valence-corrected chi connectivity index (χ3v) is 3.52. The molecule has 0 bridgehead atoms. The number of carbonyl (C=O) groups excluding carboxylic acids is 1. The summed E-state index contributed by atoms with van der Waals surface area (Å²) >= 11 is 0. The summed E-state index contributed by atoms with van der Waals surface area (Å²) in [6.45, 7) is 7.27. The van der Waals surface area contributed by atoms with E-state index in [0.717, 1.165) is 32.5 Å². The second kappa shape index (κ2) is 7.67. The Balaban J connectivity index is 2.22. The predicted molar refractivity (Wildman–Crippen MR) is 70.8 cm³/mol. The van der Waals surface area contributed by atoms with Crippen LogP contribution in [0.4, 0.5) is 0 Å². The lowest BCUT2D eigenvalue weighted by Crippen LogP contribution is -2.48. The van der Waals surface area contributed by atoms with Crippen molar-refractivity contribution >= 4 is 5.91 Å². The topological polar surface area (TPSA) is 58.4 Å². The number of nitrogens with zero attached hydrogens (tertiary/aromatic N) is 1. The first-order valence-electron chi connectivity index (χ1n) is 6.92. The van der Waals surface area contributed by atoms with Crippen LogP contribution < -0.4 is 11.1 Å². The molecular weight excluding hydrogens is 214 g/mol. The van der Waals surface area contributed by atoms with Crippen LogP contribution in [0, 0.1) is 0 Å². The molecule has 1 saturated heterocycles. The van der Waals surface area contributed by atoms with Gasteiger partial charge in [-0.3, -0.25) is 9.69 Å². The number of piperidine rings is 1. The number of rotatable bonds is 6. The van der Waals surface area contributed by atoms with Gasteiger partial charge < -0.3 is 11.1 Å². The van der Waals surface area contributed by atoms with Gasteiger partial charge in [-0.05, 0) is 39.3 Å². The minimum atomic E-state index is -0.339. The molecule has 1 amide bonds. The average molecular weight is 241 g/mol. The molecule has 0 aromatic carbocycles. The molecule has 17 heavy (non-hydrogen) atoms. The van der Waals surface area contributed by atoms with E-state index in [-0.39, 0.29) is 11.9 Å². The van der Waals surface area contributed by atoms with Crippen LogP contribution in [0.5, 0.6) is 0 Å². The molecule has 0 spiro atoms. The summed E-state index contributed by atoms with van der Waals surface area (Å²) in [5.74, 6) is -0.00397. The first-order valence-corrected chi connectivity index (χ1v) is 6.92. The quantitative estimate of drug-likeness (QED) is 0.732. The molecule has 2 unspecified atom stereocenters. The normalized spacial score (nSPS) is 20.9. The van der Waals surface area contributed by atoms with Crippen LogP contribution in [-0.2, 0) is 4.79 Å².